The summed E-state index contributed by atoms with van der Waals surface area (Å²) >= 11 is 0. The molecule has 4 rings (SSSR count). The number of rotatable bonds is 5. The highest BCUT2D eigenvalue weighted by Crippen LogP contribution is 2.68. The SMILES string of the molecule is C[C@]12CC[C@H]3[C@@H](CCC4CCCC[C@@]43C)[C@@H]1CC[C@@H]2[C@H](C=O)C(=O)C(=O)C(=O)O. The Balaban J connectivity index is 1.59. The van der Waals surface area contributed by atoms with E-state index in [-0.39, 0.29) is 11.3 Å². The molecule has 1 unspecified atom stereocenters. The summed E-state index contributed by atoms with van der Waals surface area (Å²) in [7, 11) is 0. The molecule has 1 N–H and O–H groups in total. The Morgan fingerprint density at radius 3 is 2.31 bits per heavy atom. The summed E-state index contributed by atoms with van der Waals surface area (Å²) in [5, 5.41) is 8.94. The number of fused-ring (bicyclic) bond motifs is 5. The lowest BCUT2D eigenvalue weighted by Gasteiger charge is -2.60. The van der Waals surface area contributed by atoms with Gasteiger partial charge in [0.05, 0.1) is 5.92 Å². The fraction of sp³-hybridized carbons (Fsp3) is 0.833. The van der Waals surface area contributed by atoms with Crippen LogP contribution in [0.15, 0.2) is 0 Å². The minimum Gasteiger partial charge on any atom is -0.475 e. The van der Waals surface area contributed by atoms with Crippen LogP contribution in [0.4, 0.5) is 0 Å². The lowest BCUT2D eigenvalue weighted by Crippen LogP contribution is -2.53. The lowest BCUT2D eigenvalue weighted by atomic mass is 9.44. The molecule has 0 saturated heterocycles. The van der Waals surface area contributed by atoms with Crippen molar-refractivity contribution in [2.45, 2.75) is 78.1 Å². The van der Waals surface area contributed by atoms with Gasteiger partial charge in [0, 0.05) is 0 Å². The molecular formula is C24H34O5. The van der Waals surface area contributed by atoms with Gasteiger partial charge in [-0.25, -0.2) is 4.79 Å². The summed E-state index contributed by atoms with van der Waals surface area (Å²) in [6.45, 7) is 4.72. The Morgan fingerprint density at radius 2 is 1.62 bits per heavy atom. The van der Waals surface area contributed by atoms with Crippen molar-refractivity contribution < 1.29 is 24.3 Å². The van der Waals surface area contributed by atoms with Gasteiger partial charge in [-0.1, -0.05) is 26.7 Å². The highest BCUT2D eigenvalue weighted by atomic mass is 16.4. The number of aldehydes is 1. The van der Waals surface area contributed by atoms with Gasteiger partial charge < -0.3 is 9.90 Å². The normalized spacial score (nSPS) is 44.7. The van der Waals surface area contributed by atoms with Gasteiger partial charge in [-0.15, -0.1) is 0 Å². The van der Waals surface area contributed by atoms with Crippen LogP contribution in [0, 0.1) is 46.3 Å². The Hall–Kier alpha value is -1.52. The van der Waals surface area contributed by atoms with Gasteiger partial charge >= 0.3 is 11.8 Å². The summed E-state index contributed by atoms with van der Waals surface area (Å²) in [4.78, 5) is 47.1. The van der Waals surface area contributed by atoms with Gasteiger partial charge in [0.1, 0.15) is 6.29 Å². The number of hydrogen-bond donors (Lipinski definition) is 1. The van der Waals surface area contributed by atoms with Crippen molar-refractivity contribution in [2.75, 3.05) is 0 Å². The average molecular weight is 403 g/mol. The van der Waals surface area contributed by atoms with E-state index in [1.807, 2.05) is 0 Å². The van der Waals surface area contributed by atoms with Crippen LogP contribution in [-0.4, -0.2) is 28.9 Å². The maximum atomic E-state index is 12.5. The number of hydrogen-bond acceptors (Lipinski definition) is 4. The van der Waals surface area contributed by atoms with E-state index >= 15 is 0 Å². The van der Waals surface area contributed by atoms with Gasteiger partial charge in [0.2, 0.25) is 5.78 Å². The predicted molar refractivity (Wildman–Crippen MR) is 107 cm³/mol. The van der Waals surface area contributed by atoms with E-state index < -0.39 is 23.5 Å². The predicted octanol–water partition coefficient (Wildman–Crippen LogP) is 4.07. The third-order valence-corrected chi connectivity index (χ3v) is 9.96. The van der Waals surface area contributed by atoms with Crippen LogP contribution in [0.25, 0.3) is 0 Å². The van der Waals surface area contributed by atoms with Crippen LogP contribution in [0.5, 0.6) is 0 Å². The minimum absolute atomic E-state index is 0.154. The van der Waals surface area contributed by atoms with Gasteiger partial charge in [0.15, 0.2) is 0 Å². The zero-order chi connectivity index (χ0) is 21.0. The molecule has 0 heterocycles. The van der Waals surface area contributed by atoms with E-state index in [1.54, 1.807) is 0 Å². The largest absolute Gasteiger partial charge is 0.475 e. The molecule has 4 aliphatic carbocycles. The summed E-state index contributed by atoms with van der Waals surface area (Å²) in [6, 6.07) is 0. The second-order valence-electron chi connectivity index (χ2n) is 10.8. The molecule has 0 bridgehead atoms. The van der Waals surface area contributed by atoms with Crippen LogP contribution in [-0.2, 0) is 19.2 Å². The highest BCUT2D eigenvalue weighted by Gasteiger charge is 2.61. The number of carboxylic acid groups (broad SMARTS) is 1. The first-order valence-electron chi connectivity index (χ1n) is 11.5. The number of carboxylic acids is 1. The van der Waals surface area contributed by atoms with Crippen LogP contribution in [0.3, 0.4) is 0 Å². The topological polar surface area (TPSA) is 88.5 Å². The van der Waals surface area contributed by atoms with Crippen molar-refractivity contribution in [2.24, 2.45) is 46.3 Å². The molecule has 0 radical (unpaired) electrons. The third kappa shape index (κ3) is 3.02. The van der Waals surface area contributed by atoms with Crippen LogP contribution in [0.1, 0.15) is 78.1 Å². The molecule has 29 heavy (non-hydrogen) atoms. The molecule has 160 valence electrons. The summed E-state index contributed by atoms with van der Waals surface area (Å²) in [6.07, 6.45) is 12.3. The zero-order valence-corrected chi connectivity index (χ0v) is 17.7. The van der Waals surface area contributed by atoms with E-state index in [2.05, 4.69) is 13.8 Å². The van der Waals surface area contributed by atoms with Crippen LogP contribution >= 0.6 is 0 Å². The Morgan fingerprint density at radius 1 is 0.897 bits per heavy atom. The third-order valence-electron chi connectivity index (χ3n) is 9.96. The Labute approximate surface area is 173 Å². The molecule has 0 spiro atoms. The van der Waals surface area contributed by atoms with Crippen molar-refractivity contribution >= 4 is 23.8 Å². The Kier molecular flexibility index (Phi) is 5.23. The van der Waals surface area contributed by atoms with Crippen molar-refractivity contribution in [3.8, 4) is 0 Å². The molecule has 4 fully saturated rings. The number of aliphatic carboxylic acids is 1. The first-order chi connectivity index (χ1) is 13.7. The maximum Gasteiger partial charge on any atom is 0.380 e. The molecule has 5 heteroatoms. The van der Waals surface area contributed by atoms with E-state index in [9.17, 15) is 19.2 Å². The smallest absolute Gasteiger partial charge is 0.380 e. The first-order valence-corrected chi connectivity index (χ1v) is 11.5. The number of carbonyl (C=O) groups excluding carboxylic acids is 3. The van der Waals surface area contributed by atoms with Crippen LogP contribution < -0.4 is 0 Å². The molecule has 0 aromatic heterocycles. The van der Waals surface area contributed by atoms with E-state index in [1.165, 1.54) is 38.5 Å². The highest BCUT2D eigenvalue weighted by molar-refractivity contribution is 6.63. The first kappa shape index (κ1) is 20.7. The molecule has 8 atom stereocenters. The second-order valence-corrected chi connectivity index (χ2v) is 10.8. The standard InChI is InChI=1S/C24H34O5/c1-23-11-4-3-5-14(23)6-7-15-17-8-9-18(24(17,2)12-10-19(15)23)16(13-25)20(26)21(27)22(28)29/h13-19H,3-12H2,1-2H3,(H,28,29)/t14?,15-,16-,17-,18+,19-,23-,24-/m0/s1. The van der Waals surface area contributed by atoms with Crippen molar-refractivity contribution in [1.29, 1.82) is 0 Å². The molecule has 4 aliphatic rings. The summed E-state index contributed by atoms with van der Waals surface area (Å²) in [5.74, 6) is -2.86. The van der Waals surface area contributed by atoms with E-state index in [0.717, 1.165) is 37.5 Å². The fourth-order valence-corrected chi connectivity index (χ4v) is 8.52. The van der Waals surface area contributed by atoms with Crippen molar-refractivity contribution in [1.82, 2.24) is 0 Å². The van der Waals surface area contributed by atoms with E-state index in [4.69, 9.17) is 5.11 Å². The molecule has 0 aromatic rings. The van der Waals surface area contributed by atoms with Gasteiger partial charge in [-0.3, -0.25) is 9.59 Å². The van der Waals surface area contributed by atoms with E-state index in [0.29, 0.717) is 23.5 Å². The van der Waals surface area contributed by atoms with Gasteiger partial charge in [0.25, 0.3) is 0 Å². The van der Waals surface area contributed by atoms with Crippen molar-refractivity contribution in [3.63, 3.8) is 0 Å². The minimum atomic E-state index is -1.76. The number of ketones is 2. The maximum absolute atomic E-state index is 12.5. The Bertz CT molecular complexity index is 729. The van der Waals surface area contributed by atoms with Gasteiger partial charge in [-0.2, -0.15) is 0 Å². The summed E-state index contributed by atoms with van der Waals surface area (Å²) < 4.78 is 0. The molecule has 0 amide bonds. The second kappa shape index (κ2) is 7.31. The van der Waals surface area contributed by atoms with Gasteiger partial charge in [-0.05, 0) is 91.8 Å². The molecular weight excluding hydrogens is 368 g/mol. The van der Waals surface area contributed by atoms with Crippen molar-refractivity contribution in [3.05, 3.63) is 0 Å². The molecule has 5 nitrogen and oxygen atoms in total. The molecule has 0 aromatic carbocycles. The fourth-order valence-electron chi connectivity index (χ4n) is 8.52. The lowest BCUT2D eigenvalue weighted by molar-refractivity contribution is -0.156. The quantitative estimate of drug-likeness (QED) is 0.425. The molecule has 0 aliphatic heterocycles. The average Bonchev–Trinajstić information content (AvgIpc) is 3.04. The summed E-state index contributed by atoms with van der Waals surface area (Å²) in [5.41, 5.74) is 0.277. The molecule has 4 saturated carbocycles. The monoisotopic (exact) mass is 402 g/mol. The van der Waals surface area contributed by atoms with Crippen LogP contribution in [0.2, 0.25) is 0 Å². The zero-order valence-electron chi connectivity index (χ0n) is 17.7. The number of Topliss-reactive ketones (excluding diaryl/α,β-unsaturated/α-hetero) is 2. The number of carbonyl (C=O) groups is 4.